The smallest absolute Gasteiger partial charge is 0.410 e. The van der Waals surface area contributed by atoms with Crippen molar-refractivity contribution in [1.29, 1.82) is 0 Å². The Bertz CT molecular complexity index is 1050. The minimum atomic E-state index is -4.09. The lowest BCUT2D eigenvalue weighted by Crippen LogP contribution is -2.57. The molecule has 2 fully saturated rings. The third-order valence-electron chi connectivity index (χ3n) is 5.58. The van der Waals surface area contributed by atoms with Crippen LogP contribution < -0.4 is 4.72 Å². The topological polar surface area (TPSA) is 105 Å². The molecule has 1 amide bonds. The first-order valence-electron chi connectivity index (χ1n) is 11.3. The number of rotatable bonds is 5. The van der Waals surface area contributed by atoms with E-state index in [1.165, 1.54) is 9.21 Å². The lowest BCUT2D eigenvalue weighted by molar-refractivity contribution is -0.157. The van der Waals surface area contributed by atoms with Gasteiger partial charge in [0, 0.05) is 32.1 Å². The van der Waals surface area contributed by atoms with Crippen molar-refractivity contribution in [3.8, 4) is 0 Å². The van der Waals surface area contributed by atoms with Gasteiger partial charge in [0.2, 0.25) is 0 Å². The van der Waals surface area contributed by atoms with Crippen molar-refractivity contribution in [3.63, 3.8) is 0 Å². The van der Waals surface area contributed by atoms with Gasteiger partial charge in [0.15, 0.2) is 5.54 Å². The maximum Gasteiger partial charge on any atom is 0.410 e. The van der Waals surface area contributed by atoms with Crippen molar-refractivity contribution in [1.82, 2.24) is 13.9 Å². The van der Waals surface area contributed by atoms with Gasteiger partial charge in [-0.15, -0.1) is 0 Å². The van der Waals surface area contributed by atoms with E-state index in [1.54, 1.807) is 41.5 Å². The molecule has 1 saturated carbocycles. The number of carbonyl (C=O) groups excluding carboxylic acids is 2. The van der Waals surface area contributed by atoms with Gasteiger partial charge in [-0.3, -0.25) is 0 Å². The molecule has 1 N–H and O–H groups in total. The number of ether oxygens (including phenoxy) is 2. The van der Waals surface area contributed by atoms with Crippen LogP contribution in [-0.4, -0.2) is 72.6 Å². The first-order chi connectivity index (χ1) is 15.6. The summed E-state index contributed by atoms with van der Waals surface area (Å²) in [5, 5.41) is 0. The molecule has 1 aliphatic heterocycles. The Morgan fingerprint density at radius 1 is 0.971 bits per heavy atom. The van der Waals surface area contributed by atoms with E-state index in [-0.39, 0.29) is 26.2 Å². The molecule has 0 bridgehead atoms. The summed E-state index contributed by atoms with van der Waals surface area (Å²) < 4.78 is 41.6. The molecule has 1 saturated heterocycles. The minimum absolute atomic E-state index is 0.0709. The average Bonchev–Trinajstić information content (AvgIpc) is 3.30. The van der Waals surface area contributed by atoms with E-state index < -0.39 is 44.9 Å². The summed E-state index contributed by atoms with van der Waals surface area (Å²) in [5.41, 5.74) is -1.82. The predicted molar refractivity (Wildman–Crippen MR) is 128 cm³/mol. The van der Waals surface area contributed by atoms with Crippen LogP contribution in [0.15, 0.2) is 42.5 Å². The van der Waals surface area contributed by atoms with Gasteiger partial charge in [-0.2, -0.15) is 17.4 Å². The van der Waals surface area contributed by atoms with Gasteiger partial charge in [-0.1, -0.05) is 36.9 Å². The van der Waals surface area contributed by atoms with E-state index in [0.29, 0.717) is 5.57 Å². The van der Waals surface area contributed by atoms with E-state index >= 15 is 0 Å². The molecule has 1 aliphatic carbocycles. The summed E-state index contributed by atoms with van der Waals surface area (Å²) in [7, 11) is -4.09. The Labute approximate surface area is 202 Å². The van der Waals surface area contributed by atoms with Gasteiger partial charge in [0.25, 0.3) is 10.2 Å². The van der Waals surface area contributed by atoms with Crippen LogP contribution in [0.5, 0.6) is 0 Å². The van der Waals surface area contributed by atoms with Crippen LogP contribution >= 0.6 is 0 Å². The molecule has 2 aliphatic rings. The van der Waals surface area contributed by atoms with Gasteiger partial charge in [0.1, 0.15) is 11.2 Å². The van der Waals surface area contributed by atoms with Crippen molar-refractivity contribution in [2.24, 2.45) is 0 Å². The standard InChI is InChI=1S/C24H35N3O6S/c1-17-19(18-11-9-8-10-12-18)24(17,20(28)32-22(2,3)4)25-34(30,31)27-15-13-26(14-16-27)21(29)33-23(5,6)7/h8-12,19,25H,1,13-16H2,2-7H3/t19-,24+/m1/s1. The monoisotopic (exact) mass is 493 g/mol. The molecular formula is C24H35N3O6S. The number of piperazine rings is 1. The molecule has 0 spiro atoms. The fourth-order valence-corrected chi connectivity index (χ4v) is 5.48. The van der Waals surface area contributed by atoms with E-state index in [1.807, 2.05) is 30.3 Å². The zero-order chi connectivity index (χ0) is 25.5. The van der Waals surface area contributed by atoms with Crippen LogP contribution in [-0.2, 0) is 24.5 Å². The Morgan fingerprint density at radius 2 is 1.50 bits per heavy atom. The van der Waals surface area contributed by atoms with Gasteiger partial charge < -0.3 is 14.4 Å². The third-order valence-corrected chi connectivity index (χ3v) is 7.20. The number of hydrogen-bond donors (Lipinski definition) is 1. The van der Waals surface area contributed by atoms with E-state index in [4.69, 9.17) is 9.47 Å². The summed E-state index contributed by atoms with van der Waals surface area (Å²) >= 11 is 0. The fraction of sp³-hybridized carbons (Fsp3) is 0.583. The van der Waals surface area contributed by atoms with Crippen molar-refractivity contribution >= 4 is 22.3 Å². The fourth-order valence-electron chi connectivity index (χ4n) is 3.97. The van der Waals surface area contributed by atoms with Gasteiger partial charge >= 0.3 is 12.1 Å². The normalized spacial score (nSPS) is 24.0. The number of nitrogens with one attached hydrogen (secondary N) is 1. The lowest BCUT2D eigenvalue weighted by atomic mass is 10.1. The van der Waals surface area contributed by atoms with Crippen LogP contribution in [0.1, 0.15) is 53.0 Å². The maximum atomic E-state index is 13.4. The Hall–Kier alpha value is -2.43. The maximum absolute atomic E-state index is 13.4. The predicted octanol–water partition coefficient (Wildman–Crippen LogP) is 2.81. The van der Waals surface area contributed by atoms with Crippen LogP contribution in [0.2, 0.25) is 0 Å². The largest absolute Gasteiger partial charge is 0.458 e. The molecule has 188 valence electrons. The van der Waals surface area contributed by atoms with Crippen LogP contribution in [0.25, 0.3) is 0 Å². The molecule has 1 aromatic carbocycles. The first kappa shape index (κ1) is 26.2. The molecule has 0 aromatic heterocycles. The summed E-state index contributed by atoms with van der Waals surface area (Å²) in [4.78, 5) is 27.1. The molecule has 1 aromatic rings. The van der Waals surface area contributed by atoms with Gasteiger partial charge in [-0.25, -0.2) is 9.59 Å². The molecule has 3 rings (SSSR count). The molecule has 0 radical (unpaired) electrons. The number of carbonyl (C=O) groups is 2. The Kier molecular flexibility index (Phi) is 6.91. The molecule has 10 heteroatoms. The van der Waals surface area contributed by atoms with Crippen molar-refractivity contribution < 1.29 is 27.5 Å². The highest BCUT2D eigenvalue weighted by atomic mass is 32.2. The highest BCUT2D eigenvalue weighted by molar-refractivity contribution is 7.87. The third kappa shape index (κ3) is 5.61. The van der Waals surface area contributed by atoms with Crippen molar-refractivity contribution in [2.45, 2.75) is 64.2 Å². The number of nitrogens with zero attached hydrogens (tertiary/aromatic N) is 2. The highest BCUT2D eigenvalue weighted by Crippen LogP contribution is 2.57. The van der Waals surface area contributed by atoms with Crippen LogP contribution in [0, 0.1) is 0 Å². The van der Waals surface area contributed by atoms with E-state index in [9.17, 15) is 18.0 Å². The molecule has 34 heavy (non-hydrogen) atoms. The second-order valence-electron chi connectivity index (χ2n) is 10.7. The van der Waals surface area contributed by atoms with Crippen LogP contribution in [0.3, 0.4) is 0 Å². The quantitative estimate of drug-likeness (QED) is 0.500. The number of benzene rings is 1. The second-order valence-corrected chi connectivity index (χ2v) is 12.3. The Morgan fingerprint density at radius 3 is 2.00 bits per heavy atom. The van der Waals surface area contributed by atoms with Crippen LogP contribution in [0.4, 0.5) is 4.79 Å². The number of amides is 1. The zero-order valence-corrected chi connectivity index (χ0v) is 21.6. The lowest BCUT2D eigenvalue weighted by Gasteiger charge is -2.35. The number of esters is 1. The van der Waals surface area contributed by atoms with Gasteiger partial charge in [-0.05, 0) is 52.7 Å². The molecular weight excluding hydrogens is 458 g/mol. The van der Waals surface area contributed by atoms with E-state index in [0.717, 1.165) is 5.56 Å². The zero-order valence-electron chi connectivity index (χ0n) is 20.8. The highest BCUT2D eigenvalue weighted by Gasteiger charge is 2.68. The average molecular weight is 494 g/mol. The second kappa shape index (κ2) is 8.98. The summed E-state index contributed by atoms with van der Waals surface area (Å²) in [6.45, 7) is 15.0. The van der Waals surface area contributed by atoms with Crippen molar-refractivity contribution in [3.05, 3.63) is 48.0 Å². The Balaban J connectivity index is 1.79. The van der Waals surface area contributed by atoms with E-state index in [2.05, 4.69) is 11.3 Å². The summed E-state index contributed by atoms with van der Waals surface area (Å²) in [6, 6.07) is 9.15. The summed E-state index contributed by atoms with van der Waals surface area (Å²) in [6.07, 6.45) is -0.484. The SMILES string of the molecule is C=C1[C@H](c2ccccc2)[C@]1(NS(=O)(=O)N1CCN(C(=O)OC(C)(C)C)CC1)C(=O)OC(C)(C)C. The molecule has 9 nitrogen and oxygen atoms in total. The number of hydrogen-bond acceptors (Lipinski definition) is 6. The molecule has 1 heterocycles. The molecule has 2 atom stereocenters. The minimum Gasteiger partial charge on any atom is -0.458 e. The van der Waals surface area contributed by atoms with Gasteiger partial charge in [0.05, 0.1) is 0 Å². The molecule has 0 unspecified atom stereocenters. The first-order valence-corrected chi connectivity index (χ1v) is 12.8. The van der Waals surface area contributed by atoms with Crippen molar-refractivity contribution in [2.75, 3.05) is 26.2 Å². The summed E-state index contributed by atoms with van der Waals surface area (Å²) in [5.74, 6) is -1.23.